The highest BCUT2D eigenvalue weighted by Crippen LogP contribution is 1.91. The second kappa shape index (κ2) is 5.31. The van der Waals surface area contributed by atoms with Crippen LogP contribution in [0.2, 0.25) is 0 Å². The predicted octanol–water partition coefficient (Wildman–Crippen LogP) is 1.12. The molecule has 0 N–H and O–H groups in total. The molecule has 0 aliphatic carbocycles. The number of ether oxygens (including phenoxy) is 1. The van der Waals surface area contributed by atoms with Gasteiger partial charge in [0.25, 0.3) is 0 Å². The molecular formula is C4H9ClO3. The Morgan fingerprint density at radius 2 is 2.25 bits per heavy atom. The maximum Gasteiger partial charge on any atom is 0.188 e. The van der Waals surface area contributed by atoms with Crippen LogP contribution in [0.5, 0.6) is 0 Å². The molecule has 0 rings (SSSR count). The molecule has 0 saturated heterocycles. The smallest absolute Gasteiger partial charge is 0.188 e. The number of hydrogen-bond donors (Lipinski definition) is 0. The number of methoxy groups -OCH3 is 1. The SMILES string of the molecule is COC(C)OOCCl. The van der Waals surface area contributed by atoms with Crippen molar-refractivity contribution >= 4 is 11.6 Å². The molecule has 1 unspecified atom stereocenters. The van der Waals surface area contributed by atoms with Crippen molar-refractivity contribution in [3.05, 3.63) is 0 Å². The Hall–Kier alpha value is 0.170. The Balaban J connectivity index is 2.86. The first kappa shape index (κ1) is 8.17. The van der Waals surface area contributed by atoms with Crippen molar-refractivity contribution in [1.29, 1.82) is 0 Å². The van der Waals surface area contributed by atoms with E-state index in [0.717, 1.165) is 0 Å². The zero-order valence-corrected chi connectivity index (χ0v) is 5.64. The van der Waals surface area contributed by atoms with E-state index in [-0.39, 0.29) is 12.4 Å². The van der Waals surface area contributed by atoms with Crippen LogP contribution in [0, 0.1) is 0 Å². The summed E-state index contributed by atoms with van der Waals surface area (Å²) in [4.78, 5) is 8.81. The number of hydrogen-bond acceptors (Lipinski definition) is 3. The summed E-state index contributed by atoms with van der Waals surface area (Å²) < 4.78 is 4.65. The summed E-state index contributed by atoms with van der Waals surface area (Å²) in [7, 11) is 1.52. The molecule has 0 aliphatic rings. The number of rotatable bonds is 4. The summed E-state index contributed by atoms with van der Waals surface area (Å²) in [5, 5.41) is 0. The first-order valence-corrected chi connectivity index (χ1v) is 2.71. The van der Waals surface area contributed by atoms with Gasteiger partial charge in [-0.25, -0.2) is 9.78 Å². The molecule has 0 aromatic carbocycles. The van der Waals surface area contributed by atoms with Gasteiger partial charge in [-0.3, -0.25) is 0 Å². The van der Waals surface area contributed by atoms with Crippen molar-refractivity contribution in [2.75, 3.05) is 13.2 Å². The predicted molar refractivity (Wildman–Crippen MR) is 29.4 cm³/mol. The molecule has 0 radical (unpaired) electrons. The Morgan fingerprint density at radius 1 is 1.62 bits per heavy atom. The largest absolute Gasteiger partial charge is 0.353 e. The Bertz CT molecular complexity index is 50.5. The van der Waals surface area contributed by atoms with Crippen LogP contribution in [0.15, 0.2) is 0 Å². The number of alkyl halides is 1. The Labute approximate surface area is 53.4 Å². The standard InChI is InChI=1S/C4H9ClO3/c1-4(6-2)8-7-3-5/h4H,3H2,1-2H3. The van der Waals surface area contributed by atoms with Crippen LogP contribution < -0.4 is 0 Å². The summed E-state index contributed by atoms with van der Waals surface area (Å²) in [5.41, 5.74) is 0. The van der Waals surface area contributed by atoms with Crippen LogP contribution in [0.3, 0.4) is 0 Å². The number of halogens is 1. The van der Waals surface area contributed by atoms with E-state index in [1.54, 1.807) is 6.92 Å². The molecule has 0 saturated carbocycles. The van der Waals surface area contributed by atoms with Gasteiger partial charge in [-0.05, 0) is 6.92 Å². The average Bonchev–Trinajstić information content (AvgIpc) is 1.83. The molecule has 0 aliphatic heterocycles. The first-order chi connectivity index (χ1) is 3.81. The quantitative estimate of drug-likeness (QED) is 0.254. The van der Waals surface area contributed by atoms with E-state index in [1.165, 1.54) is 7.11 Å². The molecule has 0 bridgehead atoms. The molecular weight excluding hydrogens is 131 g/mol. The highest BCUT2D eigenvalue weighted by atomic mass is 35.5. The fourth-order valence-electron chi connectivity index (χ4n) is 0.161. The van der Waals surface area contributed by atoms with Crippen LogP contribution in [0.4, 0.5) is 0 Å². The summed E-state index contributed by atoms with van der Waals surface area (Å²) in [5.74, 6) is 0. The Morgan fingerprint density at radius 3 is 2.62 bits per heavy atom. The molecule has 1 atom stereocenters. The van der Waals surface area contributed by atoms with Gasteiger partial charge in [0.15, 0.2) is 12.4 Å². The van der Waals surface area contributed by atoms with Gasteiger partial charge in [-0.15, -0.1) is 0 Å². The first-order valence-electron chi connectivity index (χ1n) is 2.18. The van der Waals surface area contributed by atoms with Crippen molar-refractivity contribution in [3.63, 3.8) is 0 Å². The monoisotopic (exact) mass is 140 g/mol. The van der Waals surface area contributed by atoms with Gasteiger partial charge < -0.3 is 4.74 Å². The van der Waals surface area contributed by atoms with Gasteiger partial charge in [-0.1, -0.05) is 11.6 Å². The van der Waals surface area contributed by atoms with Gasteiger partial charge in [0.2, 0.25) is 0 Å². The Kier molecular flexibility index (Phi) is 5.42. The van der Waals surface area contributed by atoms with Crippen molar-refractivity contribution in [2.45, 2.75) is 13.2 Å². The fourth-order valence-corrected chi connectivity index (χ4v) is 0.212. The molecule has 0 amide bonds. The van der Waals surface area contributed by atoms with E-state index in [9.17, 15) is 0 Å². The molecule has 0 aromatic heterocycles. The minimum Gasteiger partial charge on any atom is -0.353 e. The minimum absolute atomic E-state index is 0.0215. The lowest BCUT2D eigenvalue weighted by Gasteiger charge is -2.06. The molecule has 0 aromatic rings. The summed E-state index contributed by atoms with van der Waals surface area (Å²) in [6.07, 6.45) is -0.353. The zero-order chi connectivity index (χ0) is 6.41. The average molecular weight is 141 g/mol. The van der Waals surface area contributed by atoms with Crippen molar-refractivity contribution in [3.8, 4) is 0 Å². The van der Waals surface area contributed by atoms with Crippen LogP contribution in [-0.2, 0) is 14.5 Å². The maximum absolute atomic E-state index is 5.10. The molecule has 4 heteroatoms. The molecule has 3 nitrogen and oxygen atoms in total. The highest BCUT2D eigenvalue weighted by Gasteiger charge is 1.96. The second-order valence-corrected chi connectivity index (χ2v) is 1.34. The van der Waals surface area contributed by atoms with Crippen LogP contribution in [0.1, 0.15) is 6.92 Å². The molecule has 0 spiro atoms. The van der Waals surface area contributed by atoms with Crippen molar-refractivity contribution in [1.82, 2.24) is 0 Å². The van der Waals surface area contributed by atoms with Gasteiger partial charge >= 0.3 is 0 Å². The summed E-state index contributed by atoms with van der Waals surface area (Å²) >= 11 is 5.10. The third-order valence-electron chi connectivity index (χ3n) is 0.580. The molecule has 0 fully saturated rings. The summed E-state index contributed by atoms with van der Waals surface area (Å²) in [6, 6.07) is 0.0215. The van der Waals surface area contributed by atoms with E-state index < -0.39 is 0 Å². The van der Waals surface area contributed by atoms with Crippen molar-refractivity contribution in [2.24, 2.45) is 0 Å². The van der Waals surface area contributed by atoms with E-state index in [2.05, 4.69) is 14.5 Å². The van der Waals surface area contributed by atoms with Gasteiger partial charge in [-0.2, -0.15) is 0 Å². The molecule has 50 valence electrons. The highest BCUT2D eigenvalue weighted by molar-refractivity contribution is 6.17. The van der Waals surface area contributed by atoms with Crippen LogP contribution in [0.25, 0.3) is 0 Å². The van der Waals surface area contributed by atoms with Crippen LogP contribution >= 0.6 is 11.6 Å². The van der Waals surface area contributed by atoms with E-state index >= 15 is 0 Å². The molecule has 8 heavy (non-hydrogen) atoms. The lowest BCUT2D eigenvalue weighted by Crippen LogP contribution is -2.09. The zero-order valence-electron chi connectivity index (χ0n) is 4.89. The van der Waals surface area contributed by atoms with E-state index in [1.807, 2.05) is 0 Å². The normalized spacial score (nSPS) is 13.9. The van der Waals surface area contributed by atoms with Gasteiger partial charge in [0.05, 0.1) is 0 Å². The van der Waals surface area contributed by atoms with Crippen molar-refractivity contribution < 1.29 is 14.5 Å². The third kappa shape index (κ3) is 4.33. The van der Waals surface area contributed by atoms with E-state index in [0.29, 0.717) is 0 Å². The van der Waals surface area contributed by atoms with Gasteiger partial charge in [0.1, 0.15) is 0 Å². The fraction of sp³-hybridized carbons (Fsp3) is 1.00. The minimum atomic E-state index is -0.353. The third-order valence-corrected chi connectivity index (χ3v) is 0.669. The topological polar surface area (TPSA) is 27.7 Å². The lowest BCUT2D eigenvalue weighted by atomic mass is 10.8. The second-order valence-electron chi connectivity index (χ2n) is 1.13. The van der Waals surface area contributed by atoms with Gasteiger partial charge in [0, 0.05) is 7.11 Å². The lowest BCUT2D eigenvalue weighted by molar-refractivity contribution is -0.359. The van der Waals surface area contributed by atoms with Crippen LogP contribution in [-0.4, -0.2) is 19.5 Å². The van der Waals surface area contributed by atoms with E-state index in [4.69, 9.17) is 11.6 Å². The maximum atomic E-state index is 5.10. The summed E-state index contributed by atoms with van der Waals surface area (Å²) in [6.45, 7) is 1.70. The molecule has 0 heterocycles.